The number of rotatable bonds is 2. The molecule has 102 valence electrons. The highest BCUT2D eigenvalue weighted by molar-refractivity contribution is 6.35. The van der Waals surface area contributed by atoms with Gasteiger partial charge in [0.05, 0.1) is 0 Å². The number of carbonyl (C=O) groups excluding carboxylic acids is 3. The van der Waals surface area contributed by atoms with Crippen LogP contribution in [0.4, 0.5) is 0 Å². The third kappa shape index (κ3) is 3.69. The van der Waals surface area contributed by atoms with Crippen LogP contribution in [0, 0.1) is 0 Å². The summed E-state index contributed by atoms with van der Waals surface area (Å²) in [6.07, 6.45) is 0.804. The highest BCUT2D eigenvalue weighted by Crippen LogP contribution is 2.02. The van der Waals surface area contributed by atoms with Gasteiger partial charge in [0.2, 0.25) is 5.91 Å². The normalized spacial score (nSPS) is 16.9. The molecule has 0 aromatic carbocycles. The van der Waals surface area contributed by atoms with E-state index >= 15 is 0 Å². The van der Waals surface area contributed by atoms with Gasteiger partial charge < -0.3 is 21.3 Å². The number of nitrogens with one attached hydrogen (secondary N) is 2. The van der Waals surface area contributed by atoms with Crippen LogP contribution in [0.3, 0.4) is 0 Å². The minimum Gasteiger partial charge on any atom is -0.368 e. The van der Waals surface area contributed by atoms with E-state index in [9.17, 15) is 14.4 Å². The van der Waals surface area contributed by atoms with Gasteiger partial charge in [0.25, 0.3) is 0 Å². The second kappa shape index (κ2) is 5.81. The fraction of sp³-hybridized carbons (Fsp3) is 0.727. The molecule has 0 aromatic rings. The number of carbonyl (C=O) groups is 3. The van der Waals surface area contributed by atoms with Crippen LogP contribution in [0.1, 0.15) is 20.3 Å². The van der Waals surface area contributed by atoms with Gasteiger partial charge in [-0.3, -0.25) is 14.4 Å². The topological polar surface area (TPSA) is 105 Å². The van der Waals surface area contributed by atoms with Gasteiger partial charge in [-0.05, 0) is 26.8 Å². The van der Waals surface area contributed by atoms with Crippen LogP contribution in [-0.4, -0.2) is 54.3 Å². The summed E-state index contributed by atoms with van der Waals surface area (Å²) >= 11 is 0. The van der Waals surface area contributed by atoms with Crippen molar-refractivity contribution in [3.05, 3.63) is 0 Å². The van der Waals surface area contributed by atoms with Crippen molar-refractivity contribution in [1.29, 1.82) is 0 Å². The first kappa shape index (κ1) is 14.4. The molecule has 0 aliphatic carbocycles. The highest BCUT2D eigenvalue weighted by atomic mass is 16.2. The van der Waals surface area contributed by atoms with E-state index in [1.807, 2.05) is 0 Å². The van der Waals surface area contributed by atoms with Crippen molar-refractivity contribution in [3.63, 3.8) is 0 Å². The van der Waals surface area contributed by atoms with Crippen molar-refractivity contribution in [3.8, 4) is 0 Å². The van der Waals surface area contributed by atoms with E-state index in [0.29, 0.717) is 19.6 Å². The van der Waals surface area contributed by atoms with Crippen LogP contribution in [0.5, 0.6) is 0 Å². The lowest BCUT2D eigenvalue weighted by atomic mass is 10.1. The van der Waals surface area contributed by atoms with Crippen LogP contribution < -0.4 is 16.4 Å². The van der Waals surface area contributed by atoms with E-state index in [2.05, 4.69) is 10.6 Å². The second-order valence-corrected chi connectivity index (χ2v) is 4.84. The SMILES string of the molecule is CC(C)(NC(=O)C(=O)N1CCCNCC1)C(N)=O. The third-order valence-corrected chi connectivity index (χ3v) is 2.86. The van der Waals surface area contributed by atoms with Gasteiger partial charge in [-0.25, -0.2) is 0 Å². The summed E-state index contributed by atoms with van der Waals surface area (Å²) < 4.78 is 0. The van der Waals surface area contributed by atoms with E-state index in [1.165, 1.54) is 18.7 Å². The molecule has 3 amide bonds. The average Bonchev–Trinajstić information content (AvgIpc) is 2.55. The Morgan fingerprint density at radius 3 is 2.50 bits per heavy atom. The Labute approximate surface area is 106 Å². The molecule has 0 aromatic heterocycles. The summed E-state index contributed by atoms with van der Waals surface area (Å²) in [4.78, 5) is 36.2. The molecule has 18 heavy (non-hydrogen) atoms. The summed E-state index contributed by atoms with van der Waals surface area (Å²) in [6.45, 7) is 5.45. The maximum absolute atomic E-state index is 11.9. The molecule has 7 nitrogen and oxygen atoms in total. The fourth-order valence-corrected chi connectivity index (χ4v) is 1.59. The molecule has 1 aliphatic rings. The van der Waals surface area contributed by atoms with Gasteiger partial charge in [0, 0.05) is 19.6 Å². The van der Waals surface area contributed by atoms with Gasteiger partial charge in [-0.15, -0.1) is 0 Å². The van der Waals surface area contributed by atoms with Gasteiger partial charge >= 0.3 is 11.8 Å². The first-order valence-corrected chi connectivity index (χ1v) is 5.96. The van der Waals surface area contributed by atoms with E-state index in [-0.39, 0.29) is 0 Å². The molecule has 1 saturated heterocycles. The monoisotopic (exact) mass is 256 g/mol. The summed E-state index contributed by atoms with van der Waals surface area (Å²) in [7, 11) is 0. The van der Waals surface area contributed by atoms with Crippen molar-refractivity contribution >= 4 is 17.7 Å². The molecule has 1 rings (SSSR count). The Morgan fingerprint density at radius 1 is 1.22 bits per heavy atom. The Bertz CT molecular complexity index is 346. The first-order chi connectivity index (χ1) is 8.34. The van der Waals surface area contributed by atoms with Crippen molar-refractivity contribution < 1.29 is 14.4 Å². The highest BCUT2D eigenvalue weighted by Gasteiger charge is 2.31. The number of amides is 3. The summed E-state index contributed by atoms with van der Waals surface area (Å²) in [5.41, 5.74) is 3.91. The molecule has 1 heterocycles. The standard InChI is InChI=1S/C11H20N4O3/c1-11(2,10(12)18)14-8(16)9(17)15-6-3-4-13-5-7-15/h13H,3-7H2,1-2H3,(H2,12,18)(H,14,16). The summed E-state index contributed by atoms with van der Waals surface area (Å²) in [5, 5.41) is 5.49. The van der Waals surface area contributed by atoms with Crippen LogP contribution >= 0.6 is 0 Å². The smallest absolute Gasteiger partial charge is 0.311 e. The molecule has 7 heteroatoms. The van der Waals surface area contributed by atoms with E-state index in [4.69, 9.17) is 5.73 Å². The van der Waals surface area contributed by atoms with E-state index in [1.54, 1.807) is 0 Å². The Balaban J connectivity index is 2.60. The van der Waals surface area contributed by atoms with Crippen molar-refractivity contribution in [2.75, 3.05) is 26.2 Å². The maximum atomic E-state index is 11.9. The summed E-state index contributed by atoms with van der Waals surface area (Å²) in [5.74, 6) is -2.09. The van der Waals surface area contributed by atoms with E-state index < -0.39 is 23.3 Å². The molecule has 0 radical (unpaired) electrons. The van der Waals surface area contributed by atoms with Crippen LogP contribution in [-0.2, 0) is 14.4 Å². The average molecular weight is 256 g/mol. The zero-order valence-corrected chi connectivity index (χ0v) is 10.8. The molecule has 0 bridgehead atoms. The van der Waals surface area contributed by atoms with Crippen molar-refractivity contribution in [2.45, 2.75) is 25.8 Å². The van der Waals surface area contributed by atoms with E-state index in [0.717, 1.165) is 13.0 Å². The number of nitrogens with two attached hydrogens (primary N) is 1. The molecule has 0 atom stereocenters. The lowest BCUT2D eigenvalue weighted by molar-refractivity contribution is -0.147. The third-order valence-electron chi connectivity index (χ3n) is 2.86. The quantitative estimate of drug-likeness (QED) is 0.506. The molecular weight excluding hydrogens is 236 g/mol. The van der Waals surface area contributed by atoms with Gasteiger partial charge in [0.15, 0.2) is 0 Å². The molecule has 4 N–H and O–H groups in total. The zero-order chi connectivity index (χ0) is 13.8. The largest absolute Gasteiger partial charge is 0.368 e. The lowest BCUT2D eigenvalue weighted by Gasteiger charge is -2.24. The second-order valence-electron chi connectivity index (χ2n) is 4.84. The Kier molecular flexibility index (Phi) is 4.66. The zero-order valence-electron chi connectivity index (χ0n) is 10.8. The number of hydrogen-bond acceptors (Lipinski definition) is 4. The van der Waals surface area contributed by atoms with Gasteiger partial charge in [0.1, 0.15) is 5.54 Å². The fourth-order valence-electron chi connectivity index (χ4n) is 1.59. The predicted molar refractivity (Wildman–Crippen MR) is 65.5 cm³/mol. The minimum atomic E-state index is -1.23. The maximum Gasteiger partial charge on any atom is 0.311 e. The summed E-state index contributed by atoms with van der Waals surface area (Å²) in [6, 6.07) is 0. The molecule has 0 saturated carbocycles. The number of nitrogens with zero attached hydrogens (tertiary/aromatic N) is 1. The van der Waals surface area contributed by atoms with Crippen molar-refractivity contribution in [2.24, 2.45) is 5.73 Å². The number of primary amides is 1. The molecule has 1 aliphatic heterocycles. The number of hydrogen-bond donors (Lipinski definition) is 3. The van der Waals surface area contributed by atoms with Gasteiger partial charge in [-0.1, -0.05) is 0 Å². The molecular formula is C11H20N4O3. The first-order valence-electron chi connectivity index (χ1n) is 5.96. The van der Waals surface area contributed by atoms with Crippen LogP contribution in [0.15, 0.2) is 0 Å². The van der Waals surface area contributed by atoms with Crippen LogP contribution in [0.2, 0.25) is 0 Å². The van der Waals surface area contributed by atoms with Crippen LogP contribution in [0.25, 0.3) is 0 Å². The molecule has 0 unspecified atom stereocenters. The van der Waals surface area contributed by atoms with Gasteiger partial charge in [-0.2, -0.15) is 0 Å². The van der Waals surface area contributed by atoms with Crippen molar-refractivity contribution in [1.82, 2.24) is 15.5 Å². The Hall–Kier alpha value is -1.63. The lowest BCUT2D eigenvalue weighted by Crippen LogP contribution is -2.57. The molecule has 0 spiro atoms. The predicted octanol–water partition coefficient (Wildman–Crippen LogP) is -1.81. The minimum absolute atomic E-state index is 0.489. The Morgan fingerprint density at radius 2 is 1.89 bits per heavy atom. The molecule has 1 fully saturated rings.